The fraction of sp³-hybridized carbons (Fsp3) is 0.235. The Morgan fingerprint density at radius 1 is 1.18 bits per heavy atom. The van der Waals surface area contributed by atoms with Crippen LogP contribution in [0.2, 0.25) is 0 Å². The first-order chi connectivity index (χ1) is 13.2. The minimum atomic E-state index is -1.76. The van der Waals surface area contributed by atoms with Gasteiger partial charge >= 0.3 is 0 Å². The van der Waals surface area contributed by atoms with Gasteiger partial charge < -0.3 is 5.32 Å². The van der Waals surface area contributed by atoms with Crippen molar-refractivity contribution in [2.45, 2.75) is 26.4 Å². The van der Waals surface area contributed by atoms with E-state index in [2.05, 4.69) is 31.4 Å². The van der Waals surface area contributed by atoms with Crippen molar-refractivity contribution < 1.29 is 22.4 Å². The van der Waals surface area contributed by atoms with Gasteiger partial charge in [-0.25, -0.2) is 17.6 Å². The van der Waals surface area contributed by atoms with Crippen molar-refractivity contribution in [3.05, 3.63) is 63.7 Å². The van der Waals surface area contributed by atoms with Gasteiger partial charge in [-0.15, -0.1) is 0 Å². The summed E-state index contributed by atoms with van der Waals surface area (Å²) in [4.78, 5) is 12.4. The highest BCUT2D eigenvalue weighted by Crippen LogP contribution is 2.22. The molecule has 2 aromatic heterocycles. The highest BCUT2D eigenvalue weighted by molar-refractivity contribution is 9.10. The predicted octanol–water partition coefficient (Wildman–Crippen LogP) is 3.95. The first kappa shape index (κ1) is 20.1. The van der Waals surface area contributed by atoms with E-state index in [0.29, 0.717) is 0 Å². The lowest BCUT2D eigenvalue weighted by Crippen LogP contribution is -2.25. The summed E-state index contributed by atoms with van der Waals surface area (Å²) in [6.45, 7) is 2.97. The molecule has 1 unspecified atom stereocenters. The molecule has 0 aliphatic rings. The molecule has 0 radical (unpaired) electrons. The average molecular weight is 460 g/mol. The zero-order valence-corrected chi connectivity index (χ0v) is 16.3. The molecule has 148 valence electrons. The van der Waals surface area contributed by atoms with E-state index in [1.54, 1.807) is 20.0 Å². The van der Waals surface area contributed by atoms with Crippen LogP contribution in [0.4, 0.5) is 23.2 Å². The number of nitrogens with zero attached hydrogens (tertiary/aromatic N) is 4. The van der Waals surface area contributed by atoms with Crippen molar-refractivity contribution in [3.8, 4) is 0 Å². The van der Waals surface area contributed by atoms with Crippen LogP contribution in [0.5, 0.6) is 0 Å². The summed E-state index contributed by atoms with van der Waals surface area (Å²) < 4.78 is 57.2. The minimum Gasteiger partial charge on any atom is -0.322 e. The molecule has 1 aromatic carbocycles. The Morgan fingerprint density at radius 3 is 2.54 bits per heavy atom. The van der Waals surface area contributed by atoms with E-state index in [1.807, 2.05) is 0 Å². The smallest absolute Gasteiger partial charge is 0.249 e. The van der Waals surface area contributed by atoms with E-state index < -0.39 is 41.4 Å². The van der Waals surface area contributed by atoms with E-state index in [-0.39, 0.29) is 17.7 Å². The molecule has 0 aliphatic heterocycles. The first-order valence-electron chi connectivity index (χ1n) is 8.03. The summed E-state index contributed by atoms with van der Waals surface area (Å²) in [6, 6.07) is -0.359. The maximum atomic E-state index is 13.8. The molecule has 6 nitrogen and oxygen atoms in total. The van der Waals surface area contributed by atoms with E-state index in [9.17, 15) is 22.4 Å². The summed E-state index contributed by atoms with van der Waals surface area (Å²) in [6.07, 6.45) is 4.16. The summed E-state index contributed by atoms with van der Waals surface area (Å²) in [5, 5.41) is 10.6. The Balaban J connectivity index is 1.74. The standard InChI is InChI=1S/C17H14BrF4N5O/c1-8-12(18)5-24-27(8)9(2)17(28)25-10-4-23-26(6-10)7-11-13(19)3-14(20)16(22)15(11)21/h3-6,9H,7H2,1-2H3,(H,25,28). The molecule has 3 aromatic rings. The zero-order chi connectivity index (χ0) is 20.6. The molecular formula is C17H14BrF4N5O. The number of carbonyl (C=O) groups excluding carboxylic acids is 1. The molecule has 11 heteroatoms. The Labute approximate surface area is 165 Å². The number of anilines is 1. The van der Waals surface area contributed by atoms with Gasteiger partial charge in [0.15, 0.2) is 17.5 Å². The Kier molecular flexibility index (Phi) is 5.54. The number of rotatable bonds is 5. The SMILES string of the molecule is Cc1c(Br)cnn1C(C)C(=O)Nc1cnn(Cc2c(F)cc(F)c(F)c2F)c1. The van der Waals surface area contributed by atoms with Crippen LogP contribution in [0.15, 0.2) is 29.1 Å². The summed E-state index contributed by atoms with van der Waals surface area (Å²) >= 11 is 3.32. The lowest BCUT2D eigenvalue weighted by molar-refractivity contribution is -0.119. The molecule has 1 atom stereocenters. The van der Waals surface area contributed by atoms with Crippen molar-refractivity contribution in [2.24, 2.45) is 0 Å². The van der Waals surface area contributed by atoms with Crippen molar-refractivity contribution in [1.82, 2.24) is 19.6 Å². The Bertz CT molecular complexity index is 1050. The summed E-state index contributed by atoms with van der Waals surface area (Å²) in [7, 11) is 0. The molecule has 0 spiro atoms. The average Bonchev–Trinajstić information content (AvgIpc) is 3.23. The third kappa shape index (κ3) is 3.79. The monoisotopic (exact) mass is 459 g/mol. The van der Waals surface area contributed by atoms with Crippen LogP contribution in [0, 0.1) is 30.2 Å². The molecule has 28 heavy (non-hydrogen) atoms. The molecule has 0 fully saturated rings. The van der Waals surface area contributed by atoms with Crippen molar-refractivity contribution in [1.29, 1.82) is 0 Å². The normalized spacial score (nSPS) is 12.2. The van der Waals surface area contributed by atoms with Gasteiger partial charge in [-0.3, -0.25) is 14.2 Å². The van der Waals surface area contributed by atoms with Crippen LogP contribution in [-0.4, -0.2) is 25.5 Å². The largest absolute Gasteiger partial charge is 0.322 e. The van der Waals surface area contributed by atoms with E-state index in [4.69, 9.17) is 0 Å². The van der Waals surface area contributed by atoms with Crippen molar-refractivity contribution >= 4 is 27.5 Å². The second-order valence-electron chi connectivity index (χ2n) is 6.06. The van der Waals surface area contributed by atoms with Gasteiger partial charge in [0, 0.05) is 17.8 Å². The number of halogens is 5. The molecule has 0 bridgehead atoms. The Morgan fingerprint density at radius 2 is 1.89 bits per heavy atom. The molecule has 3 rings (SSSR count). The van der Waals surface area contributed by atoms with Crippen LogP contribution in [0.1, 0.15) is 24.2 Å². The number of benzene rings is 1. The van der Waals surface area contributed by atoms with Crippen molar-refractivity contribution in [2.75, 3.05) is 5.32 Å². The van der Waals surface area contributed by atoms with Gasteiger partial charge in [-0.05, 0) is 29.8 Å². The quantitative estimate of drug-likeness (QED) is 0.356. The maximum absolute atomic E-state index is 13.8. The second-order valence-corrected chi connectivity index (χ2v) is 6.92. The molecule has 0 saturated carbocycles. The molecule has 0 aliphatic carbocycles. The topological polar surface area (TPSA) is 64.7 Å². The van der Waals surface area contributed by atoms with Gasteiger partial charge in [0.2, 0.25) is 5.91 Å². The number of hydrogen-bond acceptors (Lipinski definition) is 3. The molecule has 2 heterocycles. The van der Waals surface area contributed by atoms with Crippen LogP contribution in [0.3, 0.4) is 0 Å². The second kappa shape index (κ2) is 7.74. The molecule has 0 saturated heterocycles. The first-order valence-corrected chi connectivity index (χ1v) is 8.83. The van der Waals surface area contributed by atoms with Gasteiger partial charge in [0.05, 0.1) is 34.8 Å². The number of carbonyl (C=O) groups is 1. The summed E-state index contributed by atoms with van der Waals surface area (Å²) in [5.74, 6) is -6.60. The van der Waals surface area contributed by atoms with Gasteiger partial charge in [0.25, 0.3) is 0 Å². The number of nitrogens with one attached hydrogen (secondary N) is 1. The van der Waals surface area contributed by atoms with Crippen LogP contribution in [-0.2, 0) is 11.3 Å². The van der Waals surface area contributed by atoms with Crippen LogP contribution < -0.4 is 5.32 Å². The third-order valence-electron chi connectivity index (χ3n) is 4.16. The van der Waals surface area contributed by atoms with Crippen LogP contribution in [0.25, 0.3) is 0 Å². The zero-order valence-electron chi connectivity index (χ0n) is 14.7. The lowest BCUT2D eigenvalue weighted by atomic mass is 10.2. The number of amides is 1. The predicted molar refractivity (Wildman–Crippen MR) is 95.6 cm³/mol. The minimum absolute atomic E-state index is 0.268. The highest BCUT2D eigenvalue weighted by Gasteiger charge is 2.21. The molecule has 1 N–H and O–H groups in total. The van der Waals surface area contributed by atoms with E-state index >= 15 is 0 Å². The van der Waals surface area contributed by atoms with E-state index in [1.165, 1.54) is 17.1 Å². The number of hydrogen-bond donors (Lipinski definition) is 1. The molecular weight excluding hydrogens is 446 g/mol. The van der Waals surface area contributed by atoms with Crippen molar-refractivity contribution in [3.63, 3.8) is 0 Å². The fourth-order valence-corrected chi connectivity index (χ4v) is 2.85. The van der Waals surface area contributed by atoms with E-state index in [0.717, 1.165) is 14.8 Å². The third-order valence-corrected chi connectivity index (χ3v) is 4.94. The lowest BCUT2D eigenvalue weighted by Gasteiger charge is -2.13. The highest BCUT2D eigenvalue weighted by atomic mass is 79.9. The van der Waals surface area contributed by atoms with Gasteiger partial charge in [-0.1, -0.05) is 0 Å². The molecule has 1 amide bonds. The van der Waals surface area contributed by atoms with Gasteiger partial charge in [0.1, 0.15) is 11.9 Å². The fourth-order valence-electron chi connectivity index (χ4n) is 2.58. The van der Waals surface area contributed by atoms with Gasteiger partial charge in [-0.2, -0.15) is 10.2 Å². The Hall–Kier alpha value is -2.69. The maximum Gasteiger partial charge on any atom is 0.249 e. The summed E-state index contributed by atoms with van der Waals surface area (Å²) in [5.41, 5.74) is 0.358. The number of aromatic nitrogens is 4. The van der Waals surface area contributed by atoms with Crippen LogP contribution >= 0.6 is 15.9 Å².